The van der Waals surface area contributed by atoms with E-state index >= 15 is 0 Å². The van der Waals surface area contributed by atoms with E-state index in [-0.39, 0.29) is 4.90 Å². The van der Waals surface area contributed by atoms with Crippen LogP contribution in [0.25, 0.3) is 0 Å². The molecule has 0 aliphatic carbocycles. The molecule has 0 N–H and O–H groups in total. The molecule has 10 heteroatoms. The molecule has 0 saturated carbocycles. The SMILES string of the molecule is [B]c1ccc(S(=O)(=O)N2CCN(c3nc(Cc4cccc(OC)c4)ns3)CC2)cc1. The second-order valence-electron chi connectivity index (χ2n) is 6.98. The highest BCUT2D eigenvalue weighted by molar-refractivity contribution is 7.89. The van der Waals surface area contributed by atoms with Gasteiger partial charge in [-0.25, -0.2) is 13.4 Å². The van der Waals surface area contributed by atoms with Crippen molar-refractivity contribution in [3.05, 3.63) is 59.9 Å². The van der Waals surface area contributed by atoms with Crippen LogP contribution in [0.2, 0.25) is 0 Å². The Morgan fingerprint density at radius 3 is 2.53 bits per heavy atom. The average Bonchev–Trinajstić information content (AvgIpc) is 3.23. The maximum absolute atomic E-state index is 12.8. The molecular weight excluding hydrogens is 419 g/mol. The van der Waals surface area contributed by atoms with E-state index in [1.54, 1.807) is 31.4 Å². The van der Waals surface area contributed by atoms with Crippen LogP contribution in [0.15, 0.2) is 53.4 Å². The lowest BCUT2D eigenvalue weighted by Crippen LogP contribution is -2.48. The molecule has 1 saturated heterocycles. The minimum absolute atomic E-state index is 0.265. The zero-order chi connectivity index (χ0) is 21.1. The smallest absolute Gasteiger partial charge is 0.243 e. The molecule has 0 amide bonds. The summed E-state index contributed by atoms with van der Waals surface area (Å²) in [7, 11) is 3.79. The Labute approximate surface area is 181 Å². The first-order valence-corrected chi connectivity index (χ1v) is 11.7. The number of hydrogen-bond donors (Lipinski definition) is 0. The van der Waals surface area contributed by atoms with Crippen molar-refractivity contribution in [2.24, 2.45) is 0 Å². The average molecular weight is 440 g/mol. The number of anilines is 1. The zero-order valence-corrected chi connectivity index (χ0v) is 18.2. The summed E-state index contributed by atoms with van der Waals surface area (Å²) in [6, 6.07) is 14.1. The van der Waals surface area contributed by atoms with Crippen molar-refractivity contribution in [1.82, 2.24) is 13.7 Å². The van der Waals surface area contributed by atoms with Crippen LogP contribution in [0.3, 0.4) is 0 Å². The van der Waals surface area contributed by atoms with Crippen molar-refractivity contribution in [2.75, 3.05) is 38.2 Å². The van der Waals surface area contributed by atoms with Gasteiger partial charge in [0.15, 0.2) is 0 Å². The van der Waals surface area contributed by atoms with Crippen LogP contribution in [-0.2, 0) is 16.4 Å². The van der Waals surface area contributed by atoms with Crippen LogP contribution < -0.4 is 15.1 Å². The Balaban J connectivity index is 1.39. The van der Waals surface area contributed by atoms with Gasteiger partial charge in [0.05, 0.1) is 12.0 Å². The first-order chi connectivity index (χ1) is 14.5. The Morgan fingerprint density at radius 2 is 1.83 bits per heavy atom. The first kappa shape index (κ1) is 20.8. The number of ether oxygens (including phenoxy) is 1. The second kappa shape index (κ2) is 8.75. The van der Waals surface area contributed by atoms with Crippen LogP contribution in [0.1, 0.15) is 11.4 Å². The predicted molar refractivity (Wildman–Crippen MR) is 119 cm³/mol. The number of hydrogen-bond acceptors (Lipinski definition) is 7. The molecule has 1 fully saturated rings. The van der Waals surface area contributed by atoms with E-state index in [2.05, 4.69) is 14.3 Å². The van der Waals surface area contributed by atoms with Gasteiger partial charge in [-0.1, -0.05) is 29.7 Å². The fraction of sp³-hybridized carbons (Fsp3) is 0.300. The number of sulfonamides is 1. The molecule has 1 aromatic heterocycles. The zero-order valence-electron chi connectivity index (χ0n) is 16.6. The summed E-state index contributed by atoms with van der Waals surface area (Å²) in [5, 5.41) is 0.817. The number of benzene rings is 2. The molecule has 0 atom stereocenters. The lowest BCUT2D eigenvalue weighted by molar-refractivity contribution is 0.384. The minimum atomic E-state index is -3.52. The highest BCUT2D eigenvalue weighted by Gasteiger charge is 2.29. The molecule has 154 valence electrons. The van der Waals surface area contributed by atoms with E-state index < -0.39 is 10.0 Å². The molecule has 2 aromatic carbocycles. The number of nitrogens with zero attached hydrogens (tertiary/aromatic N) is 4. The molecule has 3 aromatic rings. The van der Waals surface area contributed by atoms with Crippen molar-refractivity contribution in [3.8, 4) is 5.75 Å². The maximum atomic E-state index is 12.8. The van der Waals surface area contributed by atoms with Crippen molar-refractivity contribution < 1.29 is 13.2 Å². The lowest BCUT2D eigenvalue weighted by atomic mass is 9.97. The van der Waals surface area contributed by atoms with Crippen LogP contribution in [0.4, 0.5) is 5.13 Å². The maximum Gasteiger partial charge on any atom is 0.243 e. The number of piperazine rings is 1. The van der Waals surface area contributed by atoms with E-state index in [9.17, 15) is 8.42 Å². The Bertz CT molecular complexity index is 1110. The molecular formula is C20H21BN4O3S2. The van der Waals surface area contributed by atoms with Gasteiger partial charge in [-0.2, -0.15) is 8.68 Å². The summed E-state index contributed by atoms with van der Waals surface area (Å²) in [6.07, 6.45) is 0.624. The number of aromatic nitrogens is 2. The van der Waals surface area contributed by atoms with Gasteiger partial charge in [-0.15, -0.1) is 0 Å². The monoisotopic (exact) mass is 440 g/mol. The van der Waals surface area contributed by atoms with Crippen molar-refractivity contribution in [2.45, 2.75) is 11.3 Å². The Morgan fingerprint density at radius 1 is 1.10 bits per heavy atom. The molecule has 2 radical (unpaired) electrons. The molecule has 0 bridgehead atoms. The van der Waals surface area contributed by atoms with Gasteiger partial charge in [0.1, 0.15) is 19.4 Å². The third-order valence-corrected chi connectivity index (χ3v) is 7.71. The van der Waals surface area contributed by atoms with E-state index in [0.717, 1.165) is 22.3 Å². The standard InChI is InChI=1S/C20H21BN4O3S2/c1-28-17-4-2-3-15(13-17)14-19-22-20(29-23-19)24-9-11-25(12-10-24)30(26,27)18-7-5-16(21)6-8-18/h2-8,13H,9-12,14H2,1H3. The minimum Gasteiger partial charge on any atom is -0.497 e. The Hall–Kier alpha value is -2.43. The summed E-state index contributed by atoms with van der Waals surface area (Å²) < 4.78 is 36.9. The molecule has 7 nitrogen and oxygen atoms in total. The quantitative estimate of drug-likeness (QED) is 0.540. The molecule has 0 spiro atoms. The highest BCUT2D eigenvalue weighted by Crippen LogP contribution is 2.23. The van der Waals surface area contributed by atoms with E-state index in [4.69, 9.17) is 12.6 Å². The largest absolute Gasteiger partial charge is 0.497 e. The second-order valence-corrected chi connectivity index (χ2v) is 9.65. The summed E-state index contributed by atoms with van der Waals surface area (Å²) in [4.78, 5) is 7.00. The highest BCUT2D eigenvalue weighted by atomic mass is 32.2. The normalized spacial score (nSPS) is 15.3. The number of rotatable bonds is 6. The molecule has 4 rings (SSSR count). The molecule has 0 unspecified atom stereocenters. The summed E-state index contributed by atoms with van der Waals surface area (Å²) in [5.74, 6) is 1.56. The third-order valence-electron chi connectivity index (χ3n) is 4.98. The van der Waals surface area contributed by atoms with Gasteiger partial charge in [0.2, 0.25) is 15.2 Å². The topological polar surface area (TPSA) is 75.6 Å². The van der Waals surface area contributed by atoms with E-state index in [1.165, 1.54) is 15.8 Å². The summed E-state index contributed by atoms with van der Waals surface area (Å²) in [5.41, 5.74) is 1.62. The van der Waals surface area contributed by atoms with Gasteiger partial charge in [0, 0.05) is 44.1 Å². The van der Waals surface area contributed by atoms with Crippen LogP contribution in [-0.4, -0.2) is 63.2 Å². The third kappa shape index (κ3) is 4.50. The van der Waals surface area contributed by atoms with E-state index in [0.29, 0.717) is 38.1 Å². The summed E-state index contributed by atoms with van der Waals surface area (Å²) in [6.45, 7) is 1.94. The lowest BCUT2D eigenvalue weighted by Gasteiger charge is -2.33. The summed E-state index contributed by atoms with van der Waals surface area (Å²) >= 11 is 1.34. The Kier molecular flexibility index (Phi) is 6.07. The molecule has 1 aliphatic heterocycles. The number of methoxy groups -OCH3 is 1. The van der Waals surface area contributed by atoms with Crippen LogP contribution in [0, 0.1) is 0 Å². The van der Waals surface area contributed by atoms with Crippen molar-refractivity contribution in [3.63, 3.8) is 0 Å². The van der Waals surface area contributed by atoms with Gasteiger partial charge < -0.3 is 9.64 Å². The molecule has 1 aliphatic rings. The molecule has 2 heterocycles. The van der Waals surface area contributed by atoms with Crippen LogP contribution >= 0.6 is 11.5 Å². The van der Waals surface area contributed by atoms with Gasteiger partial charge in [0.25, 0.3) is 0 Å². The van der Waals surface area contributed by atoms with Gasteiger partial charge in [-0.3, -0.25) is 0 Å². The molecule has 30 heavy (non-hydrogen) atoms. The fourth-order valence-corrected chi connectivity index (χ4v) is 5.48. The van der Waals surface area contributed by atoms with Crippen molar-refractivity contribution >= 4 is 40.0 Å². The van der Waals surface area contributed by atoms with Crippen molar-refractivity contribution in [1.29, 1.82) is 0 Å². The first-order valence-electron chi connectivity index (χ1n) is 9.52. The van der Waals surface area contributed by atoms with Gasteiger partial charge >= 0.3 is 0 Å². The van der Waals surface area contributed by atoms with E-state index in [1.807, 2.05) is 24.3 Å². The predicted octanol–water partition coefficient (Wildman–Crippen LogP) is 1.44. The fourth-order valence-electron chi connectivity index (χ4n) is 3.32. The van der Waals surface area contributed by atoms with Gasteiger partial charge in [-0.05, 0) is 29.8 Å². The van der Waals surface area contributed by atoms with Crippen LogP contribution in [0.5, 0.6) is 5.75 Å².